The van der Waals surface area contributed by atoms with E-state index in [1.807, 2.05) is 24.3 Å². The average molecular weight is 378 g/mol. The van der Waals surface area contributed by atoms with Crippen LogP contribution in [0.5, 0.6) is 5.88 Å². The topological polar surface area (TPSA) is 82.6 Å². The predicted octanol–water partition coefficient (Wildman–Crippen LogP) is 3.84. The number of nitrogens with zero attached hydrogens (tertiary/aromatic N) is 3. The molecule has 0 radical (unpaired) electrons. The fraction of sp³-hybridized carbons (Fsp3) is 0.190. The summed E-state index contributed by atoms with van der Waals surface area (Å²) in [6.45, 7) is 0.251. The Kier molecular flexibility index (Phi) is 5.14. The highest BCUT2D eigenvalue weighted by Gasteiger charge is 2.25. The van der Waals surface area contributed by atoms with Crippen molar-refractivity contribution in [1.82, 2.24) is 9.97 Å². The average Bonchev–Trinajstić information content (AvgIpc) is 3.18. The molecule has 4 rings (SSSR count). The molecule has 142 valence electrons. The molecule has 3 aromatic rings. The Morgan fingerprint density at radius 3 is 2.79 bits per heavy atom. The van der Waals surface area contributed by atoms with Crippen LogP contribution in [-0.2, 0) is 17.9 Å². The molecule has 0 spiro atoms. The quantitative estimate of drug-likeness (QED) is 0.705. The van der Waals surface area contributed by atoms with Crippen LogP contribution in [0.3, 0.4) is 0 Å². The third-order valence-corrected chi connectivity index (χ3v) is 4.48. The first-order valence-electron chi connectivity index (χ1n) is 8.92. The van der Waals surface area contributed by atoms with Crippen molar-refractivity contribution >= 4 is 11.5 Å². The van der Waals surface area contributed by atoms with E-state index in [1.54, 1.807) is 30.6 Å². The van der Waals surface area contributed by atoms with Crippen LogP contribution in [0.25, 0.3) is 0 Å². The second-order valence-electron chi connectivity index (χ2n) is 6.49. The number of anilines is 1. The van der Waals surface area contributed by atoms with Crippen molar-refractivity contribution in [3.05, 3.63) is 83.4 Å². The van der Waals surface area contributed by atoms with Crippen LogP contribution in [0.4, 0.5) is 10.2 Å². The molecular weight excluding hydrogens is 359 g/mol. The lowest BCUT2D eigenvalue weighted by Gasteiger charge is -2.10. The van der Waals surface area contributed by atoms with Crippen LogP contribution in [0.2, 0.25) is 0 Å². The number of nitrogens with two attached hydrogens (primary N) is 1. The molecule has 1 aliphatic rings. The number of aromatic nitrogens is 2. The van der Waals surface area contributed by atoms with E-state index >= 15 is 0 Å². The minimum atomic E-state index is -0.297. The van der Waals surface area contributed by atoms with Crippen molar-refractivity contribution < 1.29 is 14.0 Å². The van der Waals surface area contributed by atoms with E-state index in [-0.39, 0.29) is 18.5 Å². The van der Waals surface area contributed by atoms with E-state index in [0.717, 1.165) is 16.8 Å². The van der Waals surface area contributed by atoms with Crippen molar-refractivity contribution in [2.24, 2.45) is 5.16 Å². The van der Waals surface area contributed by atoms with Gasteiger partial charge in [0, 0.05) is 36.9 Å². The summed E-state index contributed by atoms with van der Waals surface area (Å²) in [5.74, 6) is 0.631. The number of halogens is 1. The highest BCUT2D eigenvalue weighted by atomic mass is 19.1. The molecule has 1 unspecified atom stereocenters. The van der Waals surface area contributed by atoms with Gasteiger partial charge in [-0.25, -0.2) is 14.4 Å². The molecule has 0 fully saturated rings. The number of ether oxygens (including phenoxy) is 1. The van der Waals surface area contributed by atoms with E-state index in [0.29, 0.717) is 30.1 Å². The van der Waals surface area contributed by atoms with Gasteiger partial charge < -0.3 is 15.3 Å². The molecule has 1 aromatic carbocycles. The maximum Gasteiger partial charge on any atom is 0.213 e. The monoisotopic (exact) mass is 378 g/mol. The fourth-order valence-electron chi connectivity index (χ4n) is 3.03. The van der Waals surface area contributed by atoms with Crippen molar-refractivity contribution in [3.63, 3.8) is 0 Å². The van der Waals surface area contributed by atoms with Crippen molar-refractivity contribution in [3.8, 4) is 5.88 Å². The van der Waals surface area contributed by atoms with E-state index in [4.69, 9.17) is 15.3 Å². The molecule has 6 nitrogen and oxygen atoms in total. The number of hydrogen-bond donors (Lipinski definition) is 1. The fourth-order valence-corrected chi connectivity index (χ4v) is 3.03. The van der Waals surface area contributed by atoms with Crippen LogP contribution in [0.15, 0.2) is 66.1 Å². The molecule has 0 saturated heterocycles. The molecule has 0 aliphatic carbocycles. The summed E-state index contributed by atoms with van der Waals surface area (Å²) in [5.41, 5.74) is 8.75. The van der Waals surface area contributed by atoms with E-state index in [2.05, 4.69) is 15.1 Å². The number of hydrogen-bond acceptors (Lipinski definition) is 6. The summed E-state index contributed by atoms with van der Waals surface area (Å²) in [7, 11) is 0. The van der Waals surface area contributed by atoms with Gasteiger partial charge in [0.25, 0.3) is 0 Å². The second-order valence-corrected chi connectivity index (χ2v) is 6.49. The lowest BCUT2D eigenvalue weighted by Crippen LogP contribution is -2.07. The normalized spacial score (nSPS) is 15.8. The third kappa shape index (κ3) is 4.09. The number of nitrogen functional groups attached to an aromatic ring is 1. The Labute approximate surface area is 161 Å². The molecule has 1 atom stereocenters. The lowest BCUT2D eigenvalue weighted by molar-refractivity contribution is 0.0860. The van der Waals surface area contributed by atoms with Crippen molar-refractivity contribution in [1.29, 1.82) is 0 Å². The van der Waals surface area contributed by atoms with Gasteiger partial charge >= 0.3 is 0 Å². The maximum absolute atomic E-state index is 14.5. The van der Waals surface area contributed by atoms with Gasteiger partial charge in [-0.2, -0.15) is 0 Å². The van der Waals surface area contributed by atoms with Crippen LogP contribution in [0.1, 0.15) is 29.2 Å². The molecule has 2 N–H and O–H groups in total. The number of oxime groups is 1. The first-order chi connectivity index (χ1) is 13.7. The smallest absolute Gasteiger partial charge is 0.213 e. The molecule has 0 bridgehead atoms. The second kappa shape index (κ2) is 8.04. The molecule has 28 heavy (non-hydrogen) atoms. The van der Waals surface area contributed by atoms with Gasteiger partial charge in [-0.15, -0.1) is 0 Å². The van der Waals surface area contributed by atoms with E-state index < -0.39 is 0 Å². The number of benzene rings is 1. The predicted molar refractivity (Wildman–Crippen MR) is 103 cm³/mol. The summed E-state index contributed by atoms with van der Waals surface area (Å²) >= 11 is 0. The minimum absolute atomic E-state index is 0.251. The van der Waals surface area contributed by atoms with Gasteiger partial charge in [-0.3, -0.25) is 0 Å². The highest BCUT2D eigenvalue weighted by Crippen LogP contribution is 2.31. The Morgan fingerprint density at radius 2 is 2.00 bits per heavy atom. The Bertz CT molecular complexity index is 995. The van der Waals surface area contributed by atoms with Crippen LogP contribution in [-0.4, -0.2) is 15.7 Å². The largest absolute Gasteiger partial charge is 0.473 e. The summed E-state index contributed by atoms with van der Waals surface area (Å²) < 4.78 is 20.1. The standard InChI is InChI=1S/C21H19FN4O2/c22-18-10-14(13-27-20-5-1-2-8-24-20)6-7-15(18)11-16-12-19(28-26-16)17-4-3-9-25-21(17)23/h1-10,19H,11-13H2,(H2,23,25). The minimum Gasteiger partial charge on any atom is -0.473 e. The van der Waals surface area contributed by atoms with Gasteiger partial charge in [-0.05, 0) is 35.4 Å². The maximum atomic E-state index is 14.5. The Balaban J connectivity index is 1.37. The summed E-state index contributed by atoms with van der Waals surface area (Å²) in [6.07, 6.45) is 3.93. The van der Waals surface area contributed by atoms with Crippen molar-refractivity contribution in [2.75, 3.05) is 5.73 Å². The van der Waals surface area contributed by atoms with Crippen molar-refractivity contribution in [2.45, 2.75) is 25.6 Å². The number of pyridine rings is 2. The first-order valence-corrected chi connectivity index (χ1v) is 8.92. The van der Waals surface area contributed by atoms with Crippen LogP contribution in [0, 0.1) is 5.82 Å². The SMILES string of the molecule is Nc1ncccc1C1CC(Cc2ccc(COc3ccccn3)cc2F)=NO1. The molecule has 0 amide bonds. The highest BCUT2D eigenvalue weighted by molar-refractivity contribution is 5.87. The third-order valence-electron chi connectivity index (χ3n) is 4.48. The van der Waals surface area contributed by atoms with E-state index in [9.17, 15) is 4.39 Å². The summed E-state index contributed by atoms with van der Waals surface area (Å²) in [4.78, 5) is 13.6. The van der Waals surface area contributed by atoms with Gasteiger partial charge in [-0.1, -0.05) is 23.4 Å². The van der Waals surface area contributed by atoms with Crippen LogP contribution < -0.4 is 10.5 Å². The van der Waals surface area contributed by atoms with Gasteiger partial charge in [0.15, 0.2) is 6.10 Å². The van der Waals surface area contributed by atoms with Gasteiger partial charge in [0.05, 0.1) is 5.71 Å². The molecular formula is C21H19FN4O2. The van der Waals surface area contributed by atoms with Gasteiger partial charge in [0.2, 0.25) is 5.88 Å². The zero-order chi connectivity index (χ0) is 19.3. The van der Waals surface area contributed by atoms with E-state index in [1.165, 1.54) is 6.07 Å². The zero-order valence-corrected chi connectivity index (χ0v) is 15.1. The molecule has 1 aliphatic heterocycles. The number of rotatable bonds is 6. The van der Waals surface area contributed by atoms with Crippen LogP contribution >= 0.6 is 0 Å². The molecule has 7 heteroatoms. The molecule has 0 saturated carbocycles. The lowest BCUT2D eigenvalue weighted by atomic mass is 9.99. The Morgan fingerprint density at radius 1 is 1.11 bits per heavy atom. The first kappa shape index (κ1) is 17.9. The summed E-state index contributed by atoms with van der Waals surface area (Å²) in [5, 5.41) is 4.10. The molecule has 3 heterocycles. The zero-order valence-electron chi connectivity index (χ0n) is 15.1. The van der Waals surface area contributed by atoms with Gasteiger partial charge in [0.1, 0.15) is 18.2 Å². The molecule has 2 aromatic heterocycles. The summed E-state index contributed by atoms with van der Waals surface area (Å²) in [6, 6.07) is 14.1. The Hall–Kier alpha value is -3.48.